The predicted molar refractivity (Wildman–Crippen MR) is 98.9 cm³/mol. The van der Waals surface area contributed by atoms with Gasteiger partial charge in [-0.3, -0.25) is 24.1 Å². The van der Waals surface area contributed by atoms with E-state index in [0.29, 0.717) is 30.0 Å². The number of rotatable bonds is 5. The average molecular weight is 402 g/mol. The Hall–Kier alpha value is -3.10. The van der Waals surface area contributed by atoms with Crippen molar-refractivity contribution >= 4 is 29.4 Å². The first-order valence-electron chi connectivity index (χ1n) is 9.69. The van der Waals surface area contributed by atoms with Crippen molar-refractivity contribution in [3.8, 4) is 11.5 Å². The molecule has 0 radical (unpaired) electrons. The van der Waals surface area contributed by atoms with E-state index in [-0.39, 0.29) is 30.4 Å². The number of likely N-dealkylation sites (tertiary alicyclic amines) is 1. The standard InChI is InChI=1S/C20H22N2O7/c1-11(18(24)21-12-6-7-15-16(8-12)28-10-27-15)29-17(23)9-22-19(25)13-4-2-3-5-14(13)20(22)26/h6-8,11,13-14H,2-5,9-10H2,1H3,(H,21,24)/t11-,13+,14+/m1/s1. The second-order valence-corrected chi connectivity index (χ2v) is 7.45. The fraction of sp³-hybridized carbons (Fsp3) is 0.500. The summed E-state index contributed by atoms with van der Waals surface area (Å²) in [6.45, 7) is 1.08. The number of benzene rings is 1. The SMILES string of the molecule is C[C@@H](OC(=O)CN1C(=O)[C@H]2CCCC[C@@H]2C1=O)C(=O)Nc1ccc2c(c1)OCO2. The van der Waals surface area contributed by atoms with Crippen LogP contribution in [0.1, 0.15) is 32.6 Å². The van der Waals surface area contributed by atoms with Crippen LogP contribution in [-0.4, -0.2) is 48.0 Å². The molecule has 154 valence electrons. The van der Waals surface area contributed by atoms with Gasteiger partial charge in [-0.05, 0) is 31.9 Å². The van der Waals surface area contributed by atoms with Gasteiger partial charge in [-0.25, -0.2) is 0 Å². The predicted octanol–water partition coefficient (Wildman–Crippen LogP) is 1.46. The number of carbonyl (C=O) groups is 4. The minimum absolute atomic E-state index is 0.121. The topological polar surface area (TPSA) is 111 Å². The largest absolute Gasteiger partial charge is 0.454 e. The number of fused-ring (bicyclic) bond motifs is 2. The summed E-state index contributed by atoms with van der Waals surface area (Å²) in [7, 11) is 0. The molecule has 0 spiro atoms. The first kappa shape index (κ1) is 19.2. The molecular formula is C20H22N2O7. The van der Waals surface area contributed by atoms with Gasteiger partial charge in [-0.2, -0.15) is 0 Å². The fourth-order valence-electron chi connectivity index (χ4n) is 4.02. The maximum Gasteiger partial charge on any atom is 0.326 e. The van der Waals surface area contributed by atoms with Gasteiger partial charge in [0.1, 0.15) is 6.54 Å². The van der Waals surface area contributed by atoms with E-state index in [0.717, 1.165) is 17.7 Å². The molecule has 0 bridgehead atoms. The van der Waals surface area contributed by atoms with Crippen molar-refractivity contribution in [2.45, 2.75) is 38.7 Å². The Morgan fingerprint density at radius 1 is 1.14 bits per heavy atom. The lowest BCUT2D eigenvalue weighted by atomic mass is 9.81. The molecule has 2 aliphatic heterocycles. The van der Waals surface area contributed by atoms with E-state index in [1.807, 2.05) is 0 Å². The normalized spacial score (nSPS) is 23.6. The highest BCUT2D eigenvalue weighted by Gasteiger charge is 2.48. The summed E-state index contributed by atoms with van der Waals surface area (Å²) in [5, 5.41) is 2.63. The van der Waals surface area contributed by atoms with E-state index in [1.54, 1.807) is 18.2 Å². The molecule has 9 nitrogen and oxygen atoms in total. The highest BCUT2D eigenvalue weighted by atomic mass is 16.7. The Labute approximate surface area is 167 Å². The quantitative estimate of drug-likeness (QED) is 0.586. The molecule has 4 rings (SSSR count). The van der Waals surface area contributed by atoms with Crippen LogP contribution in [0, 0.1) is 11.8 Å². The molecule has 1 aromatic rings. The Morgan fingerprint density at radius 3 is 2.48 bits per heavy atom. The van der Waals surface area contributed by atoms with Crippen LogP contribution in [0.5, 0.6) is 11.5 Å². The van der Waals surface area contributed by atoms with Gasteiger partial charge in [0.2, 0.25) is 18.6 Å². The fourth-order valence-corrected chi connectivity index (χ4v) is 4.02. The molecule has 0 unspecified atom stereocenters. The summed E-state index contributed by atoms with van der Waals surface area (Å²) in [4.78, 5) is 50.4. The summed E-state index contributed by atoms with van der Waals surface area (Å²) in [6, 6.07) is 4.92. The molecule has 1 N–H and O–H groups in total. The molecule has 2 fully saturated rings. The lowest BCUT2D eigenvalue weighted by Gasteiger charge is -2.19. The summed E-state index contributed by atoms with van der Waals surface area (Å²) >= 11 is 0. The molecule has 3 atom stereocenters. The lowest BCUT2D eigenvalue weighted by Crippen LogP contribution is -2.39. The molecule has 1 saturated carbocycles. The van der Waals surface area contributed by atoms with Crippen molar-refractivity contribution in [1.82, 2.24) is 4.90 Å². The minimum atomic E-state index is -1.09. The van der Waals surface area contributed by atoms with E-state index in [9.17, 15) is 19.2 Å². The number of nitrogens with zero attached hydrogens (tertiary/aromatic N) is 1. The molecule has 1 aliphatic carbocycles. The minimum Gasteiger partial charge on any atom is -0.454 e. The van der Waals surface area contributed by atoms with Gasteiger partial charge >= 0.3 is 5.97 Å². The van der Waals surface area contributed by atoms with Crippen molar-refractivity contribution in [2.24, 2.45) is 11.8 Å². The maximum atomic E-state index is 12.4. The monoisotopic (exact) mass is 402 g/mol. The van der Waals surface area contributed by atoms with Gasteiger partial charge in [0, 0.05) is 11.8 Å². The summed E-state index contributed by atoms with van der Waals surface area (Å²) in [6.07, 6.45) is 2.08. The third kappa shape index (κ3) is 3.76. The van der Waals surface area contributed by atoms with E-state index in [4.69, 9.17) is 14.2 Å². The molecule has 29 heavy (non-hydrogen) atoms. The van der Waals surface area contributed by atoms with E-state index < -0.39 is 24.5 Å². The highest BCUT2D eigenvalue weighted by molar-refractivity contribution is 6.07. The number of hydrogen-bond acceptors (Lipinski definition) is 7. The number of imide groups is 1. The maximum absolute atomic E-state index is 12.4. The number of nitrogens with one attached hydrogen (secondary N) is 1. The van der Waals surface area contributed by atoms with E-state index in [2.05, 4.69) is 5.32 Å². The van der Waals surface area contributed by atoms with Crippen LogP contribution in [-0.2, 0) is 23.9 Å². The van der Waals surface area contributed by atoms with Crippen LogP contribution in [0.4, 0.5) is 5.69 Å². The Bertz CT molecular complexity index is 844. The molecule has 1 saturated heterocycles. The van der Waals surface area contributed by atoms with Gasteiger partial charge in [0.15, 0.2) is 17.6 Å². The van der Waals surface area contributed by atoms with Gasteiger partial charge in [-0.15, -0.1) is 0 Å². The van der Waals surface area contributed by atoms with Crippen molar-refractivity contribution < 1.29 is 33.4 Å². The van der Waals surface area contributed by atoms with Gasteiger partial charge < -0.3 is 19.5 Å². The van der Waals surface area contributed by atoms with Crippen molar-refractivity contribution in [1.29, 1.82) is 0 Å². The van der Waals surface area contributed by atoms with Crippen LogP contribution < -0.4 is 14.8 Å². The zero-order valence-electron chi connectivity index (χ0n) is 16.0. The average Bonchev–Trinajstić information content (AvgIpc) is 3.26. The number of ether oxygens (including phenoxy) is 3. The van der Waals surface area contributed by atoms with Crippen molar-refractivity contribution in [3.63, 3.8) is 0 Å². The number of anilines is 1. The summed E-state index contributed by atoms with van der Waals surface area (Å²) < 4.78 is 15.6. The molecule has 3 aliphatic rings. The van der Waals surface area contributed by atoms with Crippen LogP contribution in [0.2, 0.25) is 0 Å². The molecule has 0 aromatic heterocycles. The number of esters is 1. The first-order valence-corrected chi connectivity index (χ1v) is 9.69. The number of amides is 3. The molecule has 3 amide bonds. The molecular weight excluding hydrogens is 380 g/mol. The van der Waals surface area contributed by atoms with Gasteiger partial charge in [-0.1, -0.05) is 12.8 Å². The highest BCUT2D eigenvalue weighted by Crippen LogP contribution is 2.38. The van der Waals surface area contributed by atoms with E-state index >= 15 is 0 Å². The molecule has 1 aromatic carbocycles. The zero-order valence-corrected chi connectivity index (χ0v) is 16.0. The van der Waals surface area contributed by atoms with Crippen LogP contribution in [0.25, 0.3) is 0 Å². The van der Waals surface area contributed by atoms with Crippen molar-refractivity contribution in [2.75, 3.05) is 18.7 Å². The van der Waals surface area contributed by atoms with E-state index in [1.165, 1.54) is 6.92 Å². The third-order valence-corrected chi connectivity index (χ3v) is 5.54. The Morgan fingerprint density at radius 2 is 1.79 bits per heavy atom. The molecule has 9 heteroatoms. The zero-order chi connectivity index (χ0) is 20.5. The Kier molecular flexibility index (Phi) is 5.12. The lowest BCUT2D eigenvalue weighted by molar-refractivity contribution is -0.158. The van der Waals surface area contributed by atoms with Crippen LogP contribution >= 0.6 is 0 Å². The summed E-state index contributed by atoms with van der Waals surface area (Å²) in [5.74, 6) is -1.50. The third-order valence-electron chi connectivity index (χ3n) is 5.54. The van der Waals surface area contributed by atoms with Crippen molar-refractivity contribution in [3.05, 3.63) is 18.2 Å². The molecule has 2 heterocycles. The second kappa shape index (κ2) is 7.73. The number of hydrogen-bond donors (Lipinski definition) is 1. The number of carbonyl (C=O) groups excluding carboxylic acids is 4. The van der Waals surface area contributed by atoms with Crippen LogP contribution in [0.15, 0.2) is 18.2 Å². The summed E-state index contributed by atoms with van der Waals surface area (Å²) in [5.41, 5.74) is 0.469. The second-order valence-electron chi connectivity index (χ2n) is 7.45. The first-order chi connectivity index (χ1) is 13.9. The van der Waals surface area contributed by atoms with Gasteiger partial charge in [0.05, 0.1) is 11.8 Å². The Balaban J connectivity index is 1.31. The smallest absolute Gasteiger partial charge is 0.326 e. The van der Waals surface area contributed by atoms with Crippen LogP contribution in [0.3, 0.4) is 0 Å². The van der Waals surface area contributed by atoms with Gasteiger partial charge in [0.25, 0.3) is 5.91 Å².